The van der Waals surface area contributed by atoms with E-state index in [1.807, 2.05) is 0 Å². The van der Waals surface area contributed by atoms with E-state index in [2.05, 4.69) is 26.8 Å². The monoisotopic (exact) mass is 642 g/mol. The molecule has 3 heterocycles. The minimum Gasteiger partial charge on any atom is -0.480 e. The van der Waals surface area contributed by atoms with Gasteiger partial charge in [-0.15, -0.1) is 0 Å². The zero-order valence-electron chi connectivity index (χ0n) is 25.1. The molecule has 1 saturated heterocycles. The van der Waals surface area contributed by atoms with Crippen LogP contribution >= 0.6 is 0 Å². The first-order chi connectivity index (χ1) is 22.1. The average molecular weight is 643 g/mol. The minimum atomic E-state index is -4.92. The maximum Gasteiger partial charge on any atom is 0.419 e. The molecular weight excluding hydrogens is 608 g/mol. The molecule has 0 radical (unpaired) electrons. The second-order valence-electron chi connectivity index (χ2n) is 12.8. The van der Waals surface area contributed by atoms with Crippen LogP contribution < -0.4 is 15.4 Å². The van der Waals surface area contributed by atoms with Crippen molar-refractivity contribution in [2.75, 3.05) is 25.6 Å². The molecule has 4 fully saturated rings. The summed E-state index contributed by atoms with van der Waals surface area (Å²) in [5.74, 6) is -3.10. The van der Waals surface area contributed by atoms with E-state index in [1.165, 1.54) is 7.11 Å². The molecule has 244 valence electrons. The second-order valence-corrected chi connectivity index (χ2v) is 12.8. The maximum absolute atomic E-state index is 14.0. The molecule has 7 rings (SSSR count). The highest BCUT2D eigenvalue weighted by Gasteiger charge is 2.55. The molecule has 9 nitrogen and oxygen atoms in total. The number of amides is 2. The number of hydrogen-bond donors (Lipinski definition) is 2. The van der Waals surface area contributed by atoms with Crippen molar-refractivity contribution in [2.45, 2.75) is 56.8 Å². The van der Waals surface area contributed by atoms with Crippen LogP contribution in [0.5, 0.6) is 5.88 Å². The summed E-state index contributed by atoms with van der Waals surface area (Å²) in [6.45, 7) is 0.863. The SMILES string of the molecule is COc1ncc(C2=NOC3COCC23)cc1C(=O)N[C@H]1[C@@H](C(=O)Nc2ccc(F)c(C(F)(F)F)c2)[C@H]2CC[C@@H]1/C2=C\C1CCCC1. The van der Waals surface area contributed by atoms with Crippen LogP contribution in [0.15, 0.2) is 47.3 Å². The second kappa shape index (κ2) is 12.0. The van der Waals surface area contributed by atoms with Gasteiger partial charge < -0.3 is 24.9 Å². The highest BCUT2D eigenvalue weighted by molar-refractivity contribution is 6.06. The van der Waals surface area contributed by atoms with E-state index in [1.54, 1.807) is 12.3 Å². The van der Waals surface area contributed by atoms with Crippen LogP contribution in [0.3, 0.4) is 0 Å². The lowest BCUT2D eigenvalue weighted by Gasteiger charge is -2.30. The number of pyridine rings is 1. The van der Waals surface area contributed by atoms with Gasteiger partial charge in [0.15, 0.2) is 6.10 Å². The largest absolute Gasteiger partial charge is 0.480 e. The van der Waals surface area contributed by atoms with Crippen molar-refractivity contribution in [3.8, 4) is 5.88 Å². The van der Waals surface area contributed by atoms with Crippen LogP contribution in [0.2, 0.25) is 0 Å². The number of fused-ring (bicyclic) bond motifs is 3. The number of ether oxygens (including phenoxy) is 2. The van der Waals surface area contributed by atoms with Crippen molar-refractivity contribution in [2.24, 2.45) is 34.7 Å². The van der Waals surface area contributed by atoms with Crippen molar-refractivity contribution < 1.29 is 41.5 Å². The van der Waals surface area contributed by atoms with E-state index < -0.39 is 41.3 Å². The third kappa shape index (κ3) is 5.52. The summed E-state index contributed by atoms with van der Waals surface area (Å²) < 4.78 is 65.1. The lowest BCUT2D eigenvalue weighted by Crippen LogP contribution is -2.48. The first kappa shape index (κ1) is 30.6. The molecule has 2 bridgehead atoms. The number of rotatable bonds is 7. The molecule has 3 aliphatic carbocycles. The number of nitrogens with one attached hydrogen (secondary N) is 2. The zero-order chi connectivity index (χ0) is 32.2. The van der Waals surface area contributed by atoms with Gasteiger partial charge in [0.2, 0.25) is 11.8 Å². The van der Waals surface area contributed by atoms with Gasteiger partial charge in [-0.05, 0) is 61.8 Å². The Hall–Kier alpha value is -4.00. The quantitative estimate of drug-likeness (QED) is 0.305. The number of aromatic nitrogens is 1. The van der Waals surface area contributed by atoms with Crippen LogP contribution in [0, 0.1) is 35.4 Å². The van der Waals surface area contributed by atoms with Gasteiger partial charge in [-0.25, -0.2) is 9.37 Å². The van der Waals surface area contributed by atoms with Gasteiger partial charge in [0.25, 0.3) is 5.91 Å². The molecule has 1 aromatic carbocycles. The van der Waals surface area contributed by atoms with Gasteiger partial charge in [0.1, 0.15) is 11.4 Å². The van der Waals surface area contributed by atoms with Crippen molar-refractivity contribution in [1.29, 1.82) is 0 Å². The van der Waals surface area contributed by atoms with Gasteiger partial charge in [-0.3, -0.25) is 9.59 Å². The highest BCUT2D eigenvalue weighted by atomic mass is 19.4. The maximum atomic E-state index is 14.0. The standard InChI is InChI=1S/C33H34F4N4O5/c1-44-32-22(11-17(13-38-32)28-23-14-45-15-26(23)46-41-28)30(42)40-29-20-8-7-19(21(20)10-16-4-2-3-5-16)27(29)31(43)39-18-6-9-25(34)24(12-18)33(35,36)37/h6,9-13,16,19-20,23,26-27,29H,2-5,7-8,14-15H2,1H3,(H,39,43)(H,40,42)/b21-10-/t19-,20+,23?,26?,27-,29+/m0/s1. The van der Waals surface area contributed by atoms with E-state index >= 15 is 0 Å². The molecule has 13 heteroatoms. The molecule has 46 heavy (non-hydrogen) atoms. The number of anilines is 1. The molecule has 5 aliphatic rings. The summed E-state index contributed by atoms with van der Waals surface area (Å²) in [5.41, 5.74) is 0.864. The van der Waals surface area contributed by atoms with E-state index in [0.29, 0.717) is 42.5 Å². The zero-order valence-corrected chi connectivity index (χ0v) is 25.1. The number of alkyl halides is 3. The molecule has 2 N–H and O–H groups in total. The Morgan fingerprint density at radius 3 is 2.59 bits per heavy atom. The number of benzene rings is 1. The number of carbonyl (C=O) groups excluding carboxylic acids is 2. The topological polar surface area (TPSA) is 111 Å². The molecule has 2 aromatic rings. The predicted octanol–water partition coefficient (Wildman–Crippen LogP) is 5.51. The third-order valence-electron chi connectivity index (χ3n) is 10.1. The van der Waals surface area contributed by atoms with Crippen LogP contribution in [-0.2, 0) is 20.5 Å². The number of oxime groups is 1. The fourth-order valence-corrected chi connectivity index (χ4v) is 7.97. The molecule has 2 amide bonds. The molecular formula is C33H34F4N4O5. The Morgan fingerprint density at radius 2 is 1.83 bits per heavy atom. The summed E-state index contributed by atoms with van der Waals surface area (Å²) in [6.07, 6.45) is 4.57. The van der Waals surface area contributed by atoms with Crippen LogP contribution in [-0.4, -0.2) is 55.0 Å². The average Bonchev–Trinajstić information content (AvgIpc) is 3.86. The molecule has 2 unspecified atom stereocenters. The molecule has 0 spiro atoms. The van der Waals surface area contributed by atoms with E-state index in [-0.39, 0.29) is 41.0 Å². The predicted molar refractivity (Wildman–Crippen MR) is 158 cm³/mol. The molecule has 2 aliphatic heterocycles. The lowest BCUT2D eigenvalue weighted by molar-refractivity contribution is -0.140. The fraction of sp³-hybridized carbons (Fsp3) is 0.515. The van der Waals surface area contributed by atoms with E-state index in [0.717, 1.165) is 50.2 Å². The van der Waals surface area contributed by atoms with E-state index in [4.69, 9.17) is 14.3 Å². The van der Waals surface area contributed by atoms with Crippen LogP contribution in [0.1, 0.15) is 60.0 Å². The fourth-order valence-electron chi connectivity index (χ4n) is 7.97. The summed E-state index contributed by atoms with van der Waals surface area (Å²) in [4.78, 5) is 37.7. The van der Waals surface area contributed by atoms with Gasteiger partial charge in [-0.2, -0.15) is 13.2 Å². The number of carbonyl (C=O) groups is 2. The van der Waals surface area contributed by atoms with Crippen molar-refractivity contribution >= 4 is 23.2 Å². The number of nitrogens with zero attached hydrogens (tertiary/aromatic N) is 2. The Morgan fingerprint density at radius 1 is 1.04 bits per heavy atom. The smallest absolute Gasteiger partial charge is 0.419 e. The minimum absolute atomic E-state index is 0.0858. The lowest BCUT2D eigenvalue weighted by atomic mass is 9.83. The first-order valence-corrected chi connectivity index (χ1v) is 15.7. The Balaban J connectivity index is 1.18. The van der Waals surface area contributed by atoms with Crippen LogP contribution in [0.4, 0.5) is 23.2 Å². The molecule has 1 aromatic heterocycles. The normalized spacial score (nSPS) is 29.5. The van der Waals surface area contributed by atoms with Crippen molar-refractivity contribution in [3.05, 3.63) is 64.6 Å². The number of allylic oxidation sites excluding steroid dienone is 1. The Labute approximate surface area is 262 Å². The summed E-state index contributed by atoms with van der Waals surface area (Å²) >= 11 is 0. The number of halogens is 4. The van der Waals surface area contributed by atoms with E-state index in [9.17, 15) is 27.2 Å². The summed E-state index contributed by atoms with van der Waals surface area (Å²) in [6, 6.07) is 3.40. The van der Waals surface area contributed by atoms with Crippen LogP contribution in [0.25, 0.3) is 0 Å². The number of hydrogen-bond acceptors (Lipinski definition) is 7. The van der Waals surface area contributed by atoms with Gasteiger partial charge >= 0.3 is 6.18 Å². The highest BCUT2D eigenvalue weighted by Crippen LogP contribution is 2.54. The van der Waals surface area contributed by atoms with Gasteiger partial charge in [0.05, 0.1) is 43.4 Å². The Bertz CT molecular complexity index is 1600. The van der Waals surface area contributed by atoms with Crippen molar-refractivity contribution in [3.63, 3.8) is 0 Å². The van der Waals surface area contributed by atoms with Crippen molar-refractivity contribution in [1.82, 2.24) is 10.3 Å². The van der Waals surface area contributed by atoms with Gasteiger partial charge in [0, 0.05) is 29.4 Å². The summed E-state index contributed by atoms with van der Waals surface area (Å²) in [5, 5.41) is 9.89. The number of methoxy groups -OCH3 is 1. The first-order valence-electron chi connectivity index (χ1n) is 15.7. The Kier molecular flexibility index (Phi) is 7.98. The van der Waals surface area contributed by atoms with Gasteiger partial charge in [-0.1, -0.05) is 29.6 Å². The molecule has 6 atom stereocenters. The third-order valence-corrected chi connectivity index (χ3v) is 10.1. The summed E-state index contributed by atoms with van der Waals surface area (Å²) in [7, 11) is 1.41. The molecule has 3 saturated carbocycles.